The molecule has 0 atom stereocenters. The minimum Gasteiger partial charge on any atom is -0.496 e. The second-order valence-corrected chi connectivity index (χ2v) is 7.39. The molecule has 28 heavy (non-hydrogen) atoms. The number of methoxy groups -OCH3 is 1. The number of amides is 1. The summed E-state index contributed by atoms with van der Waals surface area (Å²) in [6, 6.07) is 13.9. The average Bonchev–Trinajstić information content (AvgIpc) is 2.64. The predicted octanol–water partition coefficient (Wildman–Crippen LogP) is 4.58. The molecule has 7 heteroatoms. The van der Waals surface area contributed by atoms with E-state index in [2.05, 4.69) is 0 Å². The van der Waals surface area contributed by atoms with Crippen LogP contribution in [0.15, 0.2) is 48.5 Å². The van der Waals surface area contributed by atoms with Crippen molar-refractivity contribution in [3.05, 3.63) is 69.8 Å². The zero-order valence-corrected chi connectivity index (χ0v) is 16.7. The number of nitrogens with zero attached hydrogens (tertiary/aromatic N) is 2. The molecule has 0 aliphatic heterocycles. The Kier molecular flexibility index (Phi) is 6.98. The smallest absolute Gasteiger partial charge is 0.410 e. The van der Waals surface area contributed by atoms with E-state index in [0.717, 1.165) is 11.3 Å². The minimum absolute atomic E-state index is 0.00799. The van der Waals surface area contributed by atoms with Crippen molar-refractivity contribution >= 4 is 11.8 Å². The van der Waals surface area contributed by atoms with E-state index in [9.17, 15) is 14.9 Å². The molecule has 150 valence electrons. The third-order valence-electron chi connectivity index (χ3n) is 3.99. The van der Waals surface area contributed by atoms with Crippen LogP contribution in [0.25, 0.3) is 0 Å². The van der Waals surface area contributed by atoms with Crippen molar-refractivity contribution in [2.45, 2.75) is 39.3 Å². The molecule has 2 aromatic carbocycles. The molecule has 0 spiro atoms. The number of carbonyl (C=O) groups is 1. The monoisotopic (exact) mass is 386 g/mol. The van der Waals surface area contributed by atoms with Crippen LogP contribution in [-0.2, 0) is 17.7 Å². The second kappa shape index (κ2) is 9.21. The summed E-state index contributed by atoms with van der Waals surface area (Å²) in [5.41, 5.74) is 0.992. The first-order chi connectivity index (χ1) is 13.2. The summed E-state index contributed by atoms with van der Waals surface area (Å²) in [7, 11) is 1.60. The van der Waals surface area contributed by atoms with Crippen molar-refractivity contribution in [1.82, 2.24) is 4.90 Å². The zero-order valence-electron chi connectivity index (χ0n) is 16.7. The highest BCUT2D eigenvalue weighted by molar-refractivity contribution is 5.68. The number of hydrogen-bond donors (Lipinski definition) is 0. The van der Waals surface area contributed by atoms with Gasteiger partial charge in [-0.1, -0.05) is 30.3 Å². The molecule has 7 nitrogen and oxygen atoms in total. The number of nitro benzene ring substituents is 1. The highest BCUT2D eigenvalue weighted by Gasteiger charge is 2.23. The summed E-state index contributed by atoms with van der Waals surface area (Å²) in [6.45, 7) is 6.01. The fraction of sp³-hybridized carbons (Fsp3) is 0.381. The first-order valence-electron chi connectivity index (χ1n) is 9.03. The largest absolute Gasteiger partial charge is 0.496 e. The molecular formula is C21H26N2O5. The van der Waals surface area contributed by atoms with Crippen molar-refractivity contribution in [3.63, 3.8) is 0 Å². The Balaban J connectivity index is 2.20. The fourth-order valence-electron chi connectivity index (χ4n) is 2.72. The normalized spacial score (nSPS) is 11.0. The van der Waals surface area contributed by atoms with E-state index in [-0.39, 0.29) is 12.2 Å². The molecule has 0 unspecified atom stereocenters. The van der Waals surface area contributed by atoms with E-state index in [4.69, 9.17) is 9.47 Å². The first kappa shape index (κ1) is 21.2. The van der Waals surface area contributed by atoms with Crippen molar-refractivity contribution in [2.75, 3.05) is 13.7 Å². The topological polar surface area (TPSA) is 81.9 Å². The zero-order chi connectivity index (χ0) is 20.7. The van der Waals surface area contributed by atoms with Crippen LogP contribution in [0.1, 0.15) is 31.9 Å². The first-order valence-corrected chi connectivity index (χ1v) is 9.03. The molecule has 0 aliphatic rings. The Morgan fingerprint density at radius 3 is 2.50 bits per heavy atom. The van der Waals surface area contributed by atoms with Crippen LogP contribution in [0, 0.1) is 10.1 Å². The van der Waals surface area contributed by atoms with Gasteiger partial charge in [0.1, 0.15) is 11.4 Å². The molecule has 0 aromatic heterocycles. The fourth-order valence-corrected chi connectivity index (χ4v) is 2.72. The lowest BCUT2D eigenvalue weighted by molar-refractivity contribution is -0.384. The average molecular weight is 386 g/mol. The molecule has 0 fully saturated rings. The molecule has 2 rings (SSSR count). The highest BCUT2D eigenvalue weighted by atomic mass is 16.6. The van der Waals surface area contributed by atoms with Gasteiger partial charge in [-0.2, -0.15) is 0 Å². The van der Waals surface area contributed by atoms with Crippen molar-refractivity contribution in [3.8, 4) is 5.75 Å². The molecule has 0 bridgehead atoms. The molecule has 0 saturated heterocycles. The summed E-state index contributed by atoms with van der Waals surface area (Å²) < 4.78 is 10.9. The Morgan fingerprint density at radius 1 is 1.14 bits per heavy atom. The van der Waals surface area contributed by atoms with E-state index in [1.807, 2.05) is 24.3 Å². The maximum Gasteiger partial charge on any atom is 0.410 e. The summed E-state index contributed by atoms with van der Waals surface area (Å²) >= 11 is 0. The van der Waals surface area contributed by atoms with Gasteiger partial charge < -0.3 is 14.4 Å². The number of nitro groups is 1. The van der Waals surface area contributed by atoms with E-state index < -0.39 is 16.6 Å². The van der Waals surface area contributed by atoms with Gasteiger partial charge in [-0.15, -0.1) is 0 Å². The van der Waals surface area contributed by atoms with E-state index >= 15 is 0 Å². The van der Waals surface area contributed by atoms with Gasteiger partial charge in [-0.25, -0.2) is 4.79 Å². The van der Waals surface area contributed by atoms with Gasteiger partial charge in [0.2, 0.25) is 0 Å². The van der Waals surface area contributed by atoms with Gasteiger partial charge in [0.15, 0.2) is 0 Å². The standard InChI is InChI=1S/C21H26N2O5/c1-21(2,3)28-20(24)22(13-12-17-9-5-6-11-19(17)27-4)15-16-8-7-10-18(14-16)23(25)26/h5-11,14H,12-13,15H2,1-4H3. The summed E-state index contributed by atoms with van der Waals surface area (Å²) in [4.78, 5) is 24.8. The van der Waals surface area contributed by atoms with E-state index in [1.54, 1.807) is 44.9 Å². The number of rotatable bonds is 7. The highest BCUT2D eigenvalue weighted by Crippen LogP contribution is 2.21. The van der Waals surface area contributed by atoms with Crippen molar-refractivity contribution in [2.24, 2.45) is 0 Å². The lowest BCUT2D eigenvalue weighted by Gasteiger charge is -2.27. The maximum atomic E-state index is 12.7. The summed E-state index contributed by atoms with van der Waals surface area (Å²) in [5.74, 6) is 0.752. The van der Waals surface area contributed by atoms with Crippen LogP contribution in [0.4, 0.5) is 10.5 Å². The third kappa shape index (κ3) is 6.26. The van der Waals surface area contributed by atoms with Crippen LogP contribution in [0.5, 0.6) is 5.75 Å². The lowest BCUT2D eigenvalue weighted by atomic mass is 10.1. The van der Waals surface area contributed by atoms with Crippen LogP contribution < -0.4 is 4.74 Å². The van der Waals surface area contributed by atoms with E-state index in [0.29, 0.717) is 18.5 Å². The molecule has 0 N–H and O–H groups in total. The quantitative estimate of drug-likeness (QED) is 0.514. The molecule has 1 amide bonds. The van der Waals surface area contributed by atoms with Gasteiger partial charge in [-0.3, -0.25) is 10.1 Å². The molecule has 2 aromatic rings. The summed E-state index contributed by atoms with van der Waals surface area (Å²) in [5, 5.41) is 11.0. The molecule has 0 aliphatic carbocycles. The van der Waals surface area contributed by atoms with Crippen LogP contribution >= 0.6 is 0 Å². The van der Waals surface area contributed by atoms with Crippen LogP contribution in [0.2, 0.25) is 0 Å². The van der Waals surface area contributed by atoms with Gasteiger partial charge in [0.25, 0.3) is 5.69 Å². The molecule has 0 saturated carbocycles. The van der Waals surface area contributed by atoms with Crippen molar-refractivity contribution in [1.29, 1.82) is 0 Å². The van der Waals surface area contributed by atoms with E-state index in [1.165, 1.54) is 12.1 Å². The van der Waals surface area contributed by atoms with Crippen LogP contribution in [0.3, 0.4) is 0 Å². The predicted molar refractivity (Wildman–Crippen MR) is 106 cm³/mol. The third-order valence-corrected chi connectivity index (χ3v) is 3.99. The number of ether oxygens (including phenoxy) is 2. The van der Waals surface area contributed by atoms with Gasteiger partial charge >= 0.3 is 6.09 Å². The van der Waals surface area contributed by atoms with Crippen LogP contribution in [-0.4, -0.2) is 35.2 Å². The second-order valence-electron chi connectivity index (χ2n) is 7.39. The van der Waals surface area contributed by atoms with Gasteiger partial charge in [0, 0.05) is 25.2 Å². The lowest BCUT2D eigenvalue weighted by Crippen LogP contribution is -2.37. The molecule has 0 radical (unpaired) electrons. The Bertz CT molecular complexity index is 830. The number of hydrogen-bond acceptors (Lipinski definition) is 5. The Labute approximate surface area is 165 Å². The Hall–Kier alpha value is -3.09. The number of para-hydroxylation sites is 1. The molecular weight excluding hydrogens is 360 g/mol. The summed E-state index contributed by atoms with van der Waals surface area (Å²) in [6.07, 6.45) is 0.104. The number of non-ortho nitro benzene ring substituents is 1. The van der Waals surface area contributed by atoms with Gasteiger partial charge in [-0.05, 0) is 44.4 Å². The number of carbonyl (C=O) groups excluding carboxylic acids is 1. The number of benzene rings is 2. The Morgan fingerprint density at radius 2 is 1.86 bits per heavy atom. The SMILES string of the molecule is COc1ccccc1CCN(Cc1cccc([N+](=O)[O-])c1)C(=O)OC(C)(C)C. The van der Waals surface area contributed by atoms with Crippen molar-refractivity contribution < 1.29 is 19.2 Å². The maximum absolute atomic E-state index is 12.7. The molecule has 0 heterocycles. The van der Waals surface area contributed by atoms with Gasteiger partial charge in [0.05, 0.1) is 12.0 Å². The minimum atomic E-state index is -0.636.